The van der Waals surface area contributed by atoms with Crippen molar-refractivity contribution >= 4 is 11.8 Å². The van der Waals surface area contributed by atoms with Gasteiger partial charge in [0, 0.05) is 12.6 Å². The highest BCUT2D eigenvalue weighted by atomic mass is 16.5. The SMILES string of the molecule is CCC(C(=O)NC(C)C)N(Cc1ccc(C)cc1)C(=O)COc1ccc(C)c(C)c1. The molecule has 0 radical (unpaired) electrons. The summed E-state index contributed by atoms with van der Waals surface area (Å²) in [4.78, 5) is 27.6. The molecule has 0 spiro atoms. The Morgan fingerprint density at radius 1 is 1.00 bits per heavy atom. The molecule has 2 aromatic carbocycles. The quantitative estimate of drug-likeness (QED) is 0.670. The largest absolute Gasteiger partial charge is 0.484 e. The van der Waals surface area contributed by atoms with Crippen molar-refractivity contribution in [3.05, 3.63) is 64.7 Å². The van der Waals surface area contributed by atoms with Gasteiger partial charge in [0.15, 0.2) is 6.61 Å². The van der Waals surface area contributed by atoms with Gasteiger partial charge in [0.25, 0.3) is 5.91 Å². The highest BCUT2D eigenvalue weighted by Crippen LogP contribution is 2.18. The van der Waals surface area contributed by atoms with Crippen LogP contribution in [-0.4, -0.2) is 35.4 Å². The Bertz CT molecular complexity index is 859. The summed E-state index contributed by atoms with van der Waals surface area (Å²) >= 11 is 0. The average Bonchev–Trinajstić information content (AvgIpc) is 2.69. The van der Waals surface area contributed by atoms with Crippen LogP contribution in [0.1, 0.15) is 49.4 Å². The molecule has 1 atom stereocenters. The molecular weight excluding hydrogens is 376 g/mol. The summed E-state index contributed by atoms with van der Waals surface area (Å²) < 4.78 is 5.77. The van der Waals surface area contributed by atoms with Crippen LogP contribution in [0.4, 0.5) is 0 Å². The third-order valence-electron chi connectivity index (χ3n) is 5.13. The minimum atomic E-state index is -0.551. The molecule has 0 heterocycles. The Balaban J connectivity index is 2.21. The maximum atomic E-state index is 13.2. The van der Waals surface area contributed by atoms with Crippen LogP contribution in [-0.2, 0) is 16.1 Å². The van der Waals surface area contributed by atoms with Gasteiger partial charge < -0.3 is 15.0 Å². The Hall–Kier alpha value is -2.82. The van der Waals surface area contributed by atoms with E-state index in [4.69, 9.17) is 4.74 Å². The van der Waals surface area contributed by atoms with Gasteiger partial charge in [-0.1, -0.05) is 42.8 Å². The van der Waals surface area contributed by atoms with Crippen LogP contribution in [0.3, 0.4) is 0 Å². The summed E-state index contributed by atoms with van der Waals surface area (Å²) in [6, 6.07) is 13.2. The molecule has 30 heavy (non-hydrogen) atoms. The lowest BCUT2D eigenvalue weighted by atomic mass is 10.1. The summed E-state index contributed by atoms with van der Waals surface area (Å²) in [6.45, 7) is 12.1. The van der Waals surface area contributed by atoms with Crippen molar-refractivity contribution in [2.24, 2.45) is 0 Å². The number of carbonyl (C=O) groups is 2. The van der Waals surface area contributed by atoms with E-state index in [-0.39, 0.29) is 24.5 Å². The molecule has 0 aliphatic heterocycles. The fraction of sp³-hybridized carbons (Fsp3) is 0.440. The van der Waals surface area contributed by atoms with Crippen molar-refractivity contribution in [1.29, 1.82) is 0 Å². The number of aryl methyl sites for hydroxylation is 3. The molecule has 2 rings (SSSR count). The number of rotatable bonds is 9. The first-order valence-electron chi connectivity index (χ1n) is 10.6. The van der Waals surface area contributed by atoms with Crippen molar-refractivity contribution < 1.29 is 14.3 Å². The van der Waals surface area contributed by atoms with E-state index < -0.39 is 6.04 Å². The number of hydrogen-bond donors (Lipinski definition) is 1. The first-order chi connectivity index (χ1) is 14.2. The van der Waals surface area contributed by atoms with Crippen molar-refractivity contribution in [2.75, 3.05) is 6.61 Å². The summed E-state index contributed by atoms with van der Waals surface area (Å²) in [5, 5.41) is 2.94. The number of ether oxygens (including phenoxy) is 1. The second kappa shape index (κ2) is 10.8. The van der Waals surface area contributed by atoms with Gasteiger partial charge in [-0.2, -0.15) is 0 Å². The van der Waals surface area contributed by atoms with E-state index in [2.05, 4.69) is 5.32 Å². The van der Waals surface area contributed by atoms with Crippen LogP contribution >= 0.6 is 0 Å². The van der Waals surface area contributed by atoms with Gasteiger partial charge in [0.05, 0.1) is 0 Å². The van der Waals surface area contributed by atoms with Gasteiger partial charge in [-0.25, -0.2) is 0 Å². The molecule has 0 saturated heterocycles. The molecule has 2 aromatic rings. The molecule has 0 aliphatic carbocycles. The van der Waals surface area contributed by atoms with Crippen LogP contribution in [0.25, 0.3) is 0 Å². The Morgan fingerprint density at radius 2 is 1.67 bits per heavy atom. The van der Waals surface area contributed by atoms with Crippen molar-refractivity contribution in [3.8, 4) is 5.75 Å². The summed E-state index contributed by atoms with van der Waals surface area (Å²) in [6.07, 6.45) is 0.528. The zero-order valence-corrected chi connectivity index (χ0v) is 19.0. The second-order valence-electron chi connectivity index (χ2n) is 8.13. The molecule has 0 bridgehead atoms. The molecular formula is C25H34N2O3. The van der Waals surface area contributed by atoms with Crippen molar-refractivity contribution in [2.45, 2.75) is 66.6 Å². The minimum Gasteiger partial charge on any atom is -0.484 e. The van der Waals surface area contributed by atoms with Gasteiger partial charge >= 0.3 is 0 Å². The van der Waals surface area contributed by atoms with Crippen LogP contribution in [0, 0.1) is 20.8 Å². The van der Waals surface area contributed by atoms with Gasteiger partial charge in [-0.05, 0) is 69.9 Å². The highest BCUT2D eigenvalue weighted by molar-refractivity contribution is 5.88. The summed E-state index contributed by atoms with van der Waals surface area (Å²) in [7, 11) is 0. The molecule has 0 saturated carbocycles. The van der Waals surface area contributed by atoms with Crippen LogP contribution in [0.2, 0.25) is 0 Å². The molecule has 0 fully saturated rings. The third-order valence-corrected chi connectivity index (χ3v) is 5.13. The third kappa shape index (κ3) is 6.61. The van der Waals surface area contributed by atoms with Gasteiger partial charge in [-0.3, -0.25) is 9.59 Å². The van der Waals surface area contributed by atoms with E-state index in [9.17, 15) is 9.59 Å². The maximum Gasteiger partial charge on any atom is 0.261 e. The molecule has 0 aliphatic rings. The Labute approximate surface area is 180 Å². The van der Waals surface area contributed by atoms with Gasteiger partial charge in [0.1, 0.15) is 11.8 Å². The molecule has 1 N–H and O–H groups in total. The lowest BCUT2D eigenvalue weighted by molar-refractivity contribution is -0.143. The smallest absolute Gasteiger partial charge is 0.261 e. The number of amides is 2. The number of hydrogen-bond acceptors (Lipinski definition) is 3. The standard InChI is InChI=1S/C25H34N2O3/c1-7-23(25(29)26-17(2)3)27(15-21-11-8-18(4)9-12-21)24(28)16-30-22-13-10-19(5)20(6)14-22/h8-14,17,23H,7,15-16H2,1-6H3,(H,26,29). The van der Waals surface area contributed by atoms with Crippen molar-refractivity contribution in [1.82, 2.24) is 10.2 Å². The first-order valence-corrected chi connectivity index (χ1v) is 10.6. The molecule has 0 aromatic heterocycles. The molecule has 5 heteroatoms. The Kier molecular flexibility index (Phi) is 8.46. The minimum absolute atomic E-state index is 0.00894. The van der Waals surface area contributed by atoms with E-state index in [1.54, 1.807) is 4.90 Å². The Morgan fingerprint density at radius 3 is 2.23 bits per heavy atom. The predicted molar refractivity (Wildman–Crippen MR) is 120 cm³/mol. The maximum absolute atomic E-state index is 13.2. The molecule has 5 nitrogen and oxygen atoms in total. The molecule has 2 amide bonds. The lowest BCUT2D eigenvalue weighted by Crippen LogP contribution is -2.51. The molecule has 162 valence electrons. The normalized spacial score (nSPS) is 11.8. The summed E-state index contributed by atoms with van der Waals surface area (Å²) in [5.41, 5.74) is 4.42. The second-order valence-corrected chi connectivity index (χ2v) is 8.13. The van der Waals surface area contributed by atoms with E-state index in [0.29, 0.717) is 18.7 Å². The topological polar surface area (TPSA) is 58.6 Å². The van der Waals surface area contributed by atoms with E-state index >= 15 is 0 Å². The fourth-order valence-electron chi connectivity index (χ4n) is 3.22. The van der Waals surface area contributed by atoms with Crippen molar-refractivity contribution in [3.63, 3.8) is 0 Å². The lowest BCUT2D eigenvalue weighted by Gasteiger charge is -2.31. The number of benzene rings is 2. The van der Waals surface area contributed by atoms with Gasteiger partial charge in [-0.15, -0.1) is 0 Å². The average molecular weight is 411 g/mol. The monoisotopic (exact) mass is 410 g/mol. The van der Waals surface area contributed by atoms with E-state index in [1.807, 2.05) is 84.0 Å². The zero-order chi connectivity index (χ0) is 22.3. The first kappa shape index (κ1) is 23.5. The van der Waals surface area contributed by atoms with Crippen LogP contribution in [0.5, 0.6) is 5.75 Å². The van der Waals surface area contributed by atoms with Crippen LogP contribution in [0.15, 0.2) is 42.5 Å². The fourth-order valence-corrected chi connectivity index (χ4v) is 3.22. The summed E-state index contributed by atoms with van der Waals surface area (Å²) in [5.74, 6) is 0.306. The van der Waals surface area contributed by atoms with Crippen LogP contribution < -0.4 is 10.1 Å². The van der Waals surface area contributed by atoms with Gasteiger partial charge in [0.2, 0.25) is 5.91 Å². The highest BCUT2D eigenvalue weighted by Gasteiger charge is 2.29. The molecule has 1 unspecified atom stereocenters. The number of carbonyl (C=O) groups excluding carboxylic acids is 2. The van der Waals surface area contributed by atoms with E-state index in [1.165, 1.54) is 5.56 Å². The van der Waals surface area contributed by atoms with E-state index in [0.717, 1.165) is 16.7 Å². The number of nitrogens with zero attached hydrogens (tertiary/aromatic N) is 1. The zero-order valence-electron chi connectivity index (χ0n) is 19.0. The predicted octanol–water partition coefficient (Wildman–Crippen LogP) is 4.32. The number of nitrogens with one attached hydrogen (secondary N) is 1.